The molecule has 2 atom stereocenters. The average molecular weight is 471 g/mol. The molecule has 0 saturated heterocycles. The quantitative estimate of drug-likeness (QED) is 0.404. The second-order valence-corrected chi connectivity index (χ2v) is 8.57. The number of nitrogens with one attached hydrogen (secondary N) is 2. The fourth-order valence-corrected chi connectivity index (χ4v) is 4.14. The molecule has 0 aliphatic rings. The van der Waals surface area contributed by atoms with Gasteiger partial charge in [0.1, 0.15) is 16.0 Å². The lowest BCUT2D eigenvalue weighted by Crippen LogP contribution is -2.26. The van der Waals surface area contributed by atoms with E-state index >= 15 is 0 Å². The lowest BCUT2D eigenvalue weighted by molar-refractivity contribution is 0.0946. The highest BCUT2D eigenvalue weighted by Crippen LogP contribution is 2.28. The van der Waals surface area contributed by atoms with Crippen LogP contribution in [-0.2, 0) is 17.8 Å². The molecule has 3 aromatic rings. The van der Waals surface area contributed by atoms with Gasteiger partial charge in [0.25, 0.3) is 5.91 Å². The Balaban J connectivity index is 1.77. The number of rotatable bonds is 7. The molecule has 12 heteroatoms. The number of carbonyl (C=O) groups excluding carboxylic acids is 1. The minimum absolute atomic E-state index is 0.0575. The maximum absolute atomic E-state index is 12.3. The molecule has 2 unspecified atom stereocenters. The van der Waals surface area contributed by atoms with Gasteiger partial charge in [0.15, 0.2) is 0 Å². The van der Waals surface area contributed by atoms with Gasteiger partial charge in [-0.2, -0.15) is 0 Å². The van der Waals surface area contributed by atoms with Crippen molar-refractivity contribution >= 4 is 51.7 Å². The van der Waals surface area contributed by atoms with Crippen LogP contribution >= 0.6 is 34.5 Å². The van der Waals surface area contributed by atoms with Crippen molar-refractivity contribution < 1.29 is 13.6 Å². The second kappa shape index (κ2) is 9.70. The molecule has 3 rings (SSSR count). The van der Waals surface area contributed by atoms with E-state index < -0.39 is 17.3 Å². The zero-order chi connectivity index (χ0) is 21.0. The number of pyridine rings is 2. The maximum atomic E-state index is 12.3. The lowest BCUT2D eigenvalue weighted by atomic mass is 10.0. The molecule has 8 nitrogen and oxygen atoms in total. The Bertz CT molecular complexity index is 1050. The van der Waals surface area contributed by atoms with Crippen LogP contribution in [0.25, 0.3) is 0 Å². The van der Waals surface area contributed by atoms with Crippen LogP contribution in [0.2, 0.25) is 10.3 Å². The predicted octanol–water partition coefficient (Wildman–Crippen LogP) is 2.95. The van der Waals surface area contributed by atoms with Crippen molar-refractivity contribution in [1.82, 2.24) is 25.0 Å². The summed E-state index contributed by atoms with van der Waals surface area (Å²) in [5.41, 5.74) is 1.08. The Morgan fingerprint density at radius 3 is 2.62 bits per heavy atom. The van der Waals surface area contributed by atoms with E-state index in [2.05, 4.69) is 25.0 Å². The van der Waals surface area contributed by atoms with Gasteiger partial charge < -0.3 is 9.87 Å². The highest BCUT2D eigenvalue weighted by molar-refractivity contribution is 7.77. The first kappa shape index (κ1) is 21.8. The number of carbonyl (C=O) groups is 1. The van der Waals surface area contributed by atoms with Crippen LogP contribution in [-0.4, -0.2) is 29.6 Å². The molecule has 29 heavy (non-hydrogen) atoms. The highest BCUT2D eigenvalue weighted by atomic mass is 35.5. The van der Waals surface area contributed by atoms with E-state index in [1.807, 2.05) is 6.92 Å². The third-order valence-corrected chi connectivity index (χ3v) is 5.67. The number of hydrogen-bond donors (Lipinski definition) is 2. The van der Waals surface area contributed by atoms with E-state index in [1.54, 1.807) is 18.3 Å². The van der Waals surface area contributed by atoms with Gasteiger partial charge in [-0.25, -0.2) is 14.7 Å². The minimum atomic E-state index is -2.58. The SMILES string of the molecule is Cc1ncc(CNC(=O)c2ccc(C(NS(=O)[O-])c3ccc(Cl)nc3Cl)cn2)s1. The van der Waals surface area contributed by atoms with Crippen LogP contribution in [0.15, 0.2) is 36.7 Å². The Hall–Kier alpha value is -1.95. The van der Waals surface area contributed by atoms with Gasteiger partial charge in [0, 0.05) is 34.1 Å². The average Bonchev–Trinajstić information content (AvgIpc) is 3.10. The van der Waals surface area contributed by atoms with Crippen molar-refractivity contribution in [2.45, 2.75) is 19.5 Å². The molecule has 0 fully saturated rings. The van der Waals surface area contributed by atoms with Gasteiger partial charge >= 0.3 is 0 Å². The summed E-state index contributed by atoms with van der Waals surface area (Å²) in [6, 6.07) is 5.33. The molecule has 0 aromatic carbocycles. The normalized spacial score (nSPS) is 13.1. The summed E-state index contributed by atoms with van der Waals surface area (Å²) >= 11 is 10.8. The molecule has 0 spiro atoms. The molecular weight excluding hydrogens is 457 g/mol. The largest absolute Gasteiger partial charge is 0.760 e. The van der Waals surface area contributed by atoms with Crippen molar-refractivity contribution in [1.29, 1.82) is 0 Å². The summed E-state index contributed by atoms with van der Waals surface area (Å²) in [5, 5.41) is 3.92. The monoisotopic (exact) mass is 470 g/mol. The summed E-state index contributed by atoms with van der Waals surface area (Å²) in [5.74, 6) is -0.356. The third kappa shape index (κ3) is 5.78. The first-order chi connectivity index (χ1) is 13.8. The molecular formula is C17H14Cl2N5O3S2-. The standard InChI is InChI=1S/C17H15Cl2N5O3S2/c1-9-20-7-11(28-9)8-22-17(25)13-4-2-10(6-21-13)15(24-29(26)27)12-3-5-14(18)23-16(12)19/h2-7,15,24H,8H2,1H3,(H,22,25)(H,26,27)/p-1. The van der Waals surface area contributed by atoms with Gasteiger partial charge in [0.2, 0.25) is 0 Å². The number of amides is 1. The highest BCUT2D eigenvalue weighted by Gasteiger charge is 2.19. The molecule has 0 aliphatic heterocycles. The molecule has 2 N–H and O–H groups in total. The summed E-state index contributed by atoms with van der Waals surface area (Å²) in [4.78, 5) is 25.4. The number of hydrogen-bond acceptors (Lipinski definition) is 7. The Kier molecular flexibility index (Phi) is 7.28. The molecule has 0 aliphatic carbocycles. The number of halogens is 2. The second-order valence-electron chi connectivity index (χ2n) is 5.80. The van der Waals surface area contributed by atoms with E-state index in [1.165, 1.54) is 29.7 Å². The van der Waals surface area contributed by atoms with E-state index in [-0.39, 0.29) is 21.9 Å². The number of aryl methyl sites for hydroxylation is 1. The summed E-state index contributed by atoms with van der Waals surface area (Å²) in [6.45, 7) is 2.23. The van der Waals surface area contributed by atoms with Gasteiger partial charge in [-0.3, -0.25) is 14.0 Å². The number of thiazole rings is 1. The number of aromatic nitrogens is 3. The maximum Gasteiger partial charge on any atom is 0.270 e. The molecule has 3 heterocycles. The van der Waals surface area contributed by atoms with Gasteiger partial charge in [-0.05, 0) is 24.6 Å². The minimum Gasteiger partial charge on any atom is -0.760 e. The number of nitrogens with zero attached hydrogens (tertiary/aromatic N) is 3. The van der Waals surface area contributed by atoms with Gasteiger partial charge in [-0.15, -0.1) is 11.3 Å². The molecule has 1 amide bonds. The van der Waals surface area contributed by atoms with Crippen LogP contribution < -0.4 is 10.0 Å². The van der Waals surface area contributed by atoms with Crippen LogP contribution in [0.4, 0.5) is 0 Å². The molecule has 0 saturated carbocycles. The lowest BCUT2D eigenvalue weighted by Gasteiger charge is -2.21. The third-order valence-electron chi connectivity index (χ3n) is 3.81. The van der Waals surface area contributed by atoms with E-state index in [0.29, 0.717) is 17.7 Å². The van der Waals surface area contributed by atoms with Gasteiger partial charge in [-0.1, -0.05) is 35.3 Å². The zero-order valence-electron chi connectivity index (χ0n) is 14.9. The Labute approximate surface area is 183 Å². The topological polar surface area (TPSA) is 120 Å². The van der Waals surface area contributed by atoms with Crippen LogP contribution in [0.3, 0.4) is 0 Å². The Morgan fingerprint density at radius 1 is 1.24 bits per heavy atom. The van der Waals surface area contributed by atoms with E-state index in [0.717, 1.165) is 9.88 Å². The van der Waals surface area contributed by atoms with Crippen LogP contribution in [0, 0.1) is 6.92 Å². The molecule has 0 bridgehead atoms. The molecule has 3 aromatic heterocycles. The fraction of sp³-hybridized carbons (Fsp3) is 0.176. The first-order valence-electron chi connectivity index (χ1n) is 8.16. The Morgan fingerprint density at radius 2 is 2.03 bits per heavy atom. The van der Waals surface area contributed by atoms with E-state index in [9.17, 15) is 13.6 Å². The smallest absolute Gasteiger partial charge is 0.270 e. The molecule has 0 radical (unpaired) electrons. The van der Waals surface area contributed by atoms with E-state index in [4.69, 9.17) is 23.2 Å². The van der Waals surface area contributed by atoms with Crippen molar-refractivity contribution in [3.63, 3.8) is 0 Å². The first-order valence-corrected chi connectivity index (χ1v) is 10.8. The summed E-state index contributed by atoms with van der Waals surface area (Å²) < 4.78 is 24.9. The van der Waals surface area contributed by atoms with Crippen molar-refractivity contribution in [3.05, 3.63) is 73.7 Å². The van der Waals surface area contributed by atoms with Gasteiger partial charge in [0.05, 0.1) is 17.6 Å². The van der Waals surface area contributed by atoms with Crippen molar-refractivity contribution in [2.75, 3.05) is 0 Å². The zero-order valence-corrected chi connectivity index (χ0v) is 18.0. The summed E-state index contributed by atoms with van der Waals surface area (Å²) in [6.07, 6.45) is 3.11. The van der Waals surface area contributed by atoms with Crippen LogP contribution in [0.1, 0.15) is 37.5 Å². The van der Waals surface area contributed by atoms with Crippen molar-refractivity contribution in [2.24, 2.45) is 0 Å². The van der Waals surface area contributed by atoms with Crippen molar-refractivity contribution in [3.8, 4) is 0 Å². The fourth-order valence-electron chi connectivity index (χ4n) is 2.50. The summed E-state index contributed by atoms with van der Waals surface area (Å²) in [7, 11) is 0. The van der Waals surface area contributed by atoms with Crippen LogP contribution in [0.5, 0.6) is 0 Å². The molecule has 152 valence electrons. The predicted molar refractivity (Wildman–Crippen MR) is 110 cm³/mol.